The molecule has 0 spiro atoms. The Kier molecular flexibility index (Phi) is 10.9. The van der Waals surface area contributed by atoms with Gasteiger partial charge in [-0.15, -0.1) is 0 Å². The second-order valence-corrected chi connectivity index (χ2v) is 6.47. The minimum atomic E-state index is -2.02. The van der Waals surface area contributed by atoms with Crippen molar-refractivity contribution in [3.05, 3.63) is 12.2 Å². The highest BCUT2D eigenvalue weighted by atomic mass is 28.2. The van der Waals surface area contributed by atoms with Crippen LogP contribution in [0.4, 0.5) is 8.78 Å². The molecule has 0 rings (SSSR count). The standard InChI is InChI=1S/C13H24F2O2Si/c1-11(2)12(16)17-9-7-5-3-4-6-8-10-18-13(14)15/h13H,1,3-10,18H2,2H3. The number of alkyl halides is 2. The molecule has 0 aliphatic heterocycles. The van der Waals surface area contributed by atoms with Crippen LogP contribution in [0.1, 0.15) is 45.4 Å². The Morgan fingerprint density at radius 2 is 1.72 bits per heavy atom. The third-order valence-electron chi connectivity index (χ3n) is 2.65. The Labute approximate surface area is 111 Å². The molecule has 18 heavy (non-hydrogen) atoms. The number of unbranched alkanes of at least 4 members (excludes halogenated alkanes) is 5. The minimum absolute atomic E-state index is 0.327. The molecule has 0 amide bonds. The van der Waals surface area contributed by atoms with Crippen LogP contribution in [0.3, 0.4) is 0 Å². The van der Waals surface area contributed by atoms with Crippen LogP contribution in [0, 0.1) is 0 Å². The van der Waals surface area contributed by atoms with Gasteiger partial charge in [0.1, 0.15) is 9.52 Å². The maximum Gasteiger partial charge on any atom is 0.333 e. The van der Waals surface area contributed by atoms with Crippen molar-refractivity contribution in [2.45, 2.75) is 57.5 Å². The highest BCUT2D eigenvalue weighted by molar-refractivity contribution is 6.36. The predicted octanol–water partition coefficient (Wildman–Crippen LogP) is 3.26. The zero-order valence-corrected chi connectivity index (χ0v) is 12.6. The number of esters is 1. The predicted molar refractivity (Wildman–Crippen MR) is 72.8 cm³/mol. The van der Waals surface area contributed by atoms with E-state index >= 15 is 0 Å². The molecule has 0 aliphatic carbocycles. The first-order valence-corrected chi connectivity index (χ1v) is 8.46. The summed E-state index contributed by atoms with van der Waals surface area (Å²) in [6.45, 7) is 5.58. The summed E-state index contributed by atoms with van der Waals surface area (Å²) in [6, 6.07) is -1.26. The largest absolute Gasteiger partial charge is 0.462 e. The van der Waals surface area contributed by atoms with E-state index in [1.165, 1.54) is 0 Å². The van der Waals surface area contributed by atoms with Crippen molar-refractivity contribution in [1.82, 2.24) is 0 Å². The molecule has 0 fully saturated rings. The van der Waals surface area contributed by atoms with E-state index in [0.29, 0.717) is 12.2 Å². The molecule has 0 heterocycles. The lowest BCUT2D eigenvalue weighted by Gasteiger charge is -2.04. The van der Waals surface area contributed by atoms with Crippen LogP contribution >= 0.6 is 0 Å². The highest BCUT2D eigenvalue weighted by Gasteiger charge is 2.03. The molecule has 0 saturated heterocycles. The number of carbonyl (C=O) groups excluding carboxylic acids is 1. The van der Waals surface area contributed by atoms with Crippen molar-refractivity contribution in [3.8, 4) is 0 Å². The van der Waals surface area contributed by atoms with Gasteiger partial charge in [0.25, 0.3) is 0 Å². The van der Waals surface area contributed by atoms with Crippen LogP contribution in [0.15, 0.2) is 12.2 Å². The zero-order valence-electron chi connectivity index (χ0n) is 11.2. The van der Waals surface area contributed by atoms with E-state index in [2.05, 4.69) is 6.58 Å². The van der Waals surface area contributed by atoms with Crippen LogP contribution in [-0.2, 0) is 9.53 Å². The van der Waals surface area contributed by atoms with E-state index in [0.717, 1.165) is 44.6 Å². The molecule has 0 unspecified atom stereocenters. The molecule has 0 radical (unpaired) electrons. The van der Waals surface area contributed by atoms with Gasteiger partial charge in [0.15, 0.2) is 0 Å². The van der Waals surface area contributed by atoms with E-state index < -0.39 is 15.6 Å². The SMILES string of the molecule is C=C(C)C(=O)OCCCCCCCC[SiH2]C(F)F. The van der Waals surface area contributed by atoms with Gasteiger partial charge in [0.2, 0.25) is 6.05 Å². The first-order valence-electron chi connectivity index (χ1n) is 6.65. The van der Waals surface area contributed by atoms with Crippen molar-refractivity contribution in [3.63, 3.8) is 0 Å². The quantitative estimate of drug-likeness (QED) is 0.251. The second-order valence-electron chi connectivity index (χ2n) is 4.57. The van der Waals surface area contributed by atoms with E-state index in [4.69, 9.17) is 4.74 Å². The Morgan fingerprint density at radius 1 is 1.17 bits per heavy atom. The summed E-state index contributed by atoms with van der Waals surface area (Å²) in [5, 5.41) is 0. The number of rotatable bonds is 11. The van der Waals surface area contributed by atoms with E-state index in [-0.39, 0.29) is 5.97 Å². The Balaban J connectivity index is 3.12. The number of hydrogen-bond acceptors (Lipinski definition) is 2. The summed E-state index contributed by atoms with van der Waals surface area (Å²) in [5.74, 6) is -0.327. The van der Waals surface area contributed by atoms with E-state index in [9.17, 15) is 13.6 Å². The number of halogens is 2. The second kappa shape index (κ2) is 11.4. The van der Waals surface area contributed by atoms with Crippen molar-refractivity contribution >= 4 is 15.5 Å². The number of hydrogen-bond donors (Lipinski definition) is 0. The summed E-state index contributed by atoms with van der Waals surface area (Å²) >= 11 is 0. The fourth-order valence-corrected chi connectivity index (χ4v) is 2.52. The lowest BCUT2D eigenvalue weighted by molar-refractivity contribution is -0.139. The van der Waals surface area contributed by atoms with Gasteiger partial charge >= 0.3 is 5.97 Å². The van der Waals surface area contributed by atoms with Crippen LogP contribution in [0.25, 0.3) is 0 Å². The number of carbonyl (C=O) groups is 1. The Hall–Kier alpha value is -0.713. The summed E-state index contributed by atoms with van der Waals surface area (Å²) in [5.41, 5.74) is 0.429. The van der Waals surface area contributed by atoms with Crippen molar-refractivity contribution in [2.24, 2.45) is 0 Å². The van der Waals surface area contributed by atoms with Crippen molar-refractivity contribution in [1.29, 1.82) is 0 Å². The van der Waals surface area contributed by atoms with Gasteiger partial charge in [-0.25, -0.2) is 13.6 Å². The number of ether oxygens (including phenoxy) is 1. The van der Waals surface area contributed by atoms with Gasteiger partial charge < -0.3 is 4.74 Å². The van der Waals surface area contributed by atoms with E-state index in [1.54, 1.807) is 6.92 Å². The lowest BCUT2D eigenvalue weighted by Crippen LogP contribution is -2.06. The zero-order chi connectivity index (χ0) is 13.8. The summed E-state index contributed by atoms with van der Waals surface area (Å²) in [7, 11) is -1.12. The van der Waals surface area contributed by atoms with Gasteiger partial charge in [-0.1, -0.05) is 44.7 Å². The smallest absolute Gasteiger partial charge is 0.333 e. The molecule has 0 bridgehead atoms. The molecule has 0 aromatic rings. The fraction of sp³-hybridized carbons (Fsp3) is 0.769. The summed E-state index contributed by atoms with van der Waals surface area (Å²) in [6.07, 6.45) is 6.06. The Morgan fingerprint density at radius 3 is 2.28 bits per heavy atom. The molecule has 0 saturated carbocycles. The van der Waals surface area contributed by atoms with Crippen LogP contribution in [-0.4, -0.2) is 28.1 Å². The van der Waals surface area contributed by atoms with Crippen molar-refractivity contribution in [2.75, 3.05) is 6.61 Å². The third kappa shape index (κ3) is 11.8. The first-order chi connectivity index (χ1) is 8.54. The highest BCUT2D eigenvalue weighted by Crippen LogP contribution is 2.08. The fourth-order valence-electron chi connectivity index (χ4n) is 1.57. The van der Waals surface area contributed by atoms with Gasteiger partial charge in [-0.2, -0.15) is 0 Å². The normalized spacial score (nSPS) is 11.3. The first kappa shape index (κ1) is 17.3. The molecular formula is C13H24F2O2Si. The molecule has 0 aromatic carbocycles. The molecule has 0 atom stereocenters. The maximum atomic E-state index is 11.9. The molecule has 0 N–H and O–H groups in total. The van der Waals surface area contributed by atoms with Crippen molar-refractivity contribution < 1.29 is 18.3 Å². The molecule has 0 aromatic heterocycles. The minimum Gasteiger partial charge on any atom is -0.462 e. The average Bonchev–Trinajstić information content (AvgIpc) is 2.30. The topological polar surface area (TPSA) is 26.3 Å². The molecule has 106 valence electrons. The maximum absolute atomic E-state index is 11.9. The van der Waals surface area contributed by atoms with Gasteiger partial charge in [-0.05, 0) is 13.3 Å². The van der Waals surface area contributed by atoms with E-state index in [1.807, 2.05) is 0 Å². The van der Waals surface area contributed by atoms with Gasteiger partial charge in [0, 0.05) is 5.57 Å². The van der Waals surface area contributed by atoms with Crippen LogP contribution in [0.2, 0.25) is 6.04 Å². The monoisotopic (exact) mass is 278 g/mol. The molecule has 0 aliphatic rings. The third-order valence-corrected chi connectivity index (χ3v) is 3.99. The molecule has 5 heteroatoms. The van der Waals surface area contributed by atoms with Crippen LogP contribution in [0.5, 0.6) is 0 Å². The lowest BCUT2D eigenvalue weighted by atomic mass is 10.1. The summed E-state index contributed by atoms with van der Waals surface area (Å²) < 4.78 is 28.7. The van der Waals surface area contributed by atoms with Crippen LogP contribution < -0.4 is 0 Å². The summed E-state index contributed by atoms with van der Waals surface area (Å²) in [4.78, 5) is 11.0. The van der Waals surface area contributed by atoms with Gasteiger partial charge in [-0.3, -0.25) is 0 Å². The average molecular weight is 278 g/mol. The van der Waals surface area contributed by atoms with Gasteiger partial charge in [0.05, 0.1) is 6.61 Å². The molecule has 2 nitrogen and oxygen atoms in total. The molecular weight excluding hydrogens is 254 g/mol. The Bertz CT molecular complexity index is 245.